The minimum atomic E-state index is -1.10. The second-order valence-corrected chi connectivity index (χ2v) is 6.10. The molecule has 0 radical (unpaired) electrons. The Bertz CT molecular complexity index is 606. The lowest BCUT2D eigenvalue weighted by Gasteiger charge is -2.32. The Morgan fingerprint density at radius 1 is 1.21 bits per heavy atom. The number of aliphatic hydroxyl groups excluding tert-OH is 2. The molecule has 1 saturated carbocycles. The van der Waals surface area contributed by atoms with Gasteiger partial charge < -0.3 is 24.6 Å². The number of hydrogen-bond donors (Lipinski definition) is 2. The molecule has 7 heteroatoms. The number of fused-ring (bicyclic) bond motifs is 1. The zero-order chi connectivity index (χ0) is 17.3. The van der Waals surface area contributed by atoms with E-state index >= 15 is 0 Å². The van der Waals surface area contributed by atoms with Gasteiger partial charge in [0.1, 0.15) is 6.61 Å². The number of amides is 1. The van der Waals surface area contributed by atoms with Gasteiger partial charge in [-0.2, -0.15) is 0 Å². The van der Waals surface area contributed by atoms with Crippen LogP contribution in [0.3, 0.4) is 0 Å². The summed E-state index contributed by atoms with van der Waals surface area (Å²) in [4.78, 5) is 25.6. The maximum absolute atomic E-state index is 12.3. The monoisotopic (exact) mass is 335 g/mol. The van der Waals surface area contributed by atoms with Gasteiger partial charge in [-0.1, -0.05) is 30.3 Å². The lowest BCUT2D eigenvalue weighted by Crippen LogP contribution is -2.50. The smallest absolute Gasteiger partial charge is 0.410 e. The zero-order valence-electron chi connectivity index (χ0n) is 13.4. The van der Waals surface area contributed by atoms with Crippen LogP contribution in [0.25, 0.3) is 0 Å². The topological polar surface area (TPSA) is 96.3 Å². The van der Waals surface area contributed by atoms with Crippen LogP contribution in [-0.4, -0.2) is 58.6 Å². The fraction of sp³-hybridized carbons (Fsp3) is 0.529. The lowest BCUT2D eigenvalue weighted by molar-refractivity contribution is -0.145. The largest absolute Gasteiger partial charge is 0.466 e. The number of likely N-dealkylation sites (tertiary alicyclic amines) is 1. The van der Waals surface area contributed by atoms with Gasteiger partial charge in [0.25, 0.3) is 0 Å². The van der Waals surface area contributed by atoms with Crippen molar-refractivity contribution in [3.05, 3.63) is 35.9 Å². The van der Waals surface area contributed by atoms with Crippen molar-refractivity contribution in [3.63, 3.8) is 0 Å². The van der Waals surface area contributed by atoms with Crippen molar-refractivity contribution >= 4 is 12.1 Å². The summed E-state index contributed by atoms with van der Waals surface area (Å²) in [5.74, 6) is -1.57. The number of nitrogens with zero attached hydrogens (tertiary/aromatic N) is 1. The summed E-state index contributed by atoms with van der Waals surface area (Å²) >= 11 is 0. The SMILES string of the molecule is CCOC(=O)[C@@H]1[C@H]2[C@@H](O)[C@@H](O)CN(C(=O)OCc3ccccc3)[C@@H]12. The molecule has 130 valence electrons. The van der Waals surface area contributed by atoms with Gasteiger partial charge in [-0.05, 0) is 12.5 Å². The third-order valence-corrected chi connectivity index (χ3v) is 4.57. The van der Waals surface area contributed by atoms with E-state index in [2.05, 4.69) is 0 Å². The van der Waals surface area contributed by atoms with Gasteiger partial charge in [0.05, 0.1) is 37.3 Å². The highest BCUT2D eigenvalue weighted by Gasteiger charge is 2.67. The lowest BCUT2D eigenvalue weighted by atomic mass is 10.0. The molecule has 3 rings (SSSR count). The Balaban J connectivity index is 1.66. The highest BCUT2D eigenvalue weighted by molar-refractivity contribution is 5.80. The molecule has 0 bridgehead atoms. The van der Waals surface area contributed by atoms with Crippen LogP contribution in [0, 0.1) is 11.8 Å². The summed E-state index contributed by atoms with van der Waals surface area (Å²) < 4.78 is 10.3. The van der Waals surface area contributed by atoms with E-state index in [1.54, 1.807) is 6.92 Å². The summed E-state index contributed by atoms with van der Waals surface area (Å²) in [6.07, 6.45) is -2.75. The number of piperidine rings is 1. The number of β-amino-alcohol motifs (C(OH)–C–C–N with tert-alkyl or cyclic N) is 1. The highest BCUT2D eigenvalue weighted by atomic mass is 16.6. The maximum Gasteiger partial charge on any atom is 0.410 e. The summed E-state index contributed by atoms with van der Waals surface area (Å²) in [7, 11) is 0. The van der Waals surface area contributed by atoms with Crippen LogP contribution < -0.4 is 0 Å². The summed E-state index contributed by atoms with van der Waals surface area (Å²) in [5, 5.41) is 20.0. The molecular formula is C17H21NO6. The molecule has 1 aliphatic heterocycles. The average molecular weight is 335 g/mol. The van der Waals surface area contributed by atoms with Gasteiger partial charge >= 0.3 is 12.1 Å². The normalized spacial score (nSPS) is 31.1. The molecule has 2 fully saturated rings. The van der Waals surface area contributed by atoms with Crippen molar-refractivity contribution in [2.45, 2.75) is 31.8 Å². The molecule has 24 heavy (non-hydrogen) atoms. The predicted octanol–water partition coefficient (Wildman–Crippen LogP) is 0.538. The Hall–Kier alpha value is -2.12. The summed E-state index contributed by atoms with van der Waals surface area (Å²) in [5.41, 5.74) is 0.845. The fourth-order valence-corrected chi connectivity index (χ4v) is 3.36. The van der Waals surface area contributed by atoms with Gasteiger partial charge in [0.2, 0.25) is 0 Å². The molecule has 1 amide bonds. The first kappa shape index (κ1) is 16.7. The van der Waals surface area contributed by atoms with Gasteiger partial charge in [0, 0.05) is 5.92 Å². The molecule has 2 aliphatic rings. The number of rotatable bonds is 4. The summed E-state index contributed by atoms with van der Waals surface area (Å²) in [6.45, 7) is 1.97. The minimum Gasteiger partial charge on any atom is -0.466 e. The van der Waals surface area contributed by atoms with Crippen molar-refractivity contribution in [2.75, 3.05) is 13.2 Å². The van der Waals surface area contributed by atoms with Gasteiger partial charge in [-0.3, -0.25) is 4.79 Å². The van der Waals surface area contributed by atoms with E-state index in [-0.39, 0.29) is 19.8 Å². The maximum atomic E-state index is 12.3. The zero-order valence-corrected chi connectivity index (χ0v) is 13.4. The van der Waals surface area contributed by atoms with E-state index in [1.165, 1.54) is 4.90 Å². The Kier molecular flexibility index (Phi) is 4.73. The quantitative estimate of drug-likeness (QED) is 0.780. The molecule has 1 heterocycles. The van der Waals surface area contributed by atoms with Gasteiger partial charge in [-0.15, -0.1) is 0 Å². The Labute approximate surface area is 139 Å². The standard InChI is InChI=1S/C17H21NO6/c1-2-23-16(21)13-12-14(13)18(8-11(19)15(12)20)17(22)24-9-10-6-4-3-5-7-10/h3-7,11-15,19-20H,2,8-9H2,1H3/t11-,12+,13+,14+,15-/m0/s1. The molecule has 1 aliphatic carbocycles. The first-order valence-corrected chi connectivity index (χ1v) is 8.04. The van der Waals surface area contributed by atoms with Crippen LogP contribution >= 0.6 is 0 Å². The Morgan fingerprint density at radius 2 is 1.92 bits per heavy atom. The number of carbonyl (C=O) groups excluding carboxylic acids is 2. The number of carbonyl (C=O) groups is 2. The van der Waals surface area contributed by atoms with Gasteiger partial charge in [0.15, 0.2) is 0 Å². The molecule has 1 saturated heterocycles. The second kappa shape index (κ2) is 6.78. The van der Waals surface area contributed by atoms with E-state index < -0.39 is 42.1 Å². The van der Waals surface area contributed by atoms with Crippen molar-refractivity contribution < 1.29 is 29.3 Å². The first-order valence-electron chi connectivity index (χ1n) is 8.04. The third-order valence-electron chi connectivity index (χ3n) is 4.57. The number of ether oxygens (including phenoxy) is 2. The molecule has 5 atom stereocenters. The first-order chi connectivity index (χ1) is 11.5. The van der Waals surface area contributed by atoms with E-state index in [4.69, 9.17) is 9.47 Å². The fourth-order valence-electron chi connectivity index (χ4n) is 3.36. The number of hydrogen-bond acceptors (Lipinski definition) is 6. The van der Waals surface area contributed by atoms with E-state index in [0.717, 1.165) is 5.56 Å². The molecule has 2 N–H and O–H groups in total. The van der Waals surface area contributed by atoms with E-state index in [0.29, 0.717) is 0 Å². The van der Waals surface area contributed by atoms with Crippen molar-refractivity contribution in [1.82, 2.24) is 4.90 Å². The van der Waals surface area contributed by atoms with Crippen molar-refractivity contribution in [2.24, 2.45) is 11.8 Å². The predicted molar refractivity (Wildman–Crippen MR) is 82.7 cm³/mol. The molecule has 7 nitrogen and oxygen atoms in total. The van der Waals surface area contributed by atoms with Crippen LogP contribution in [0.4, 0.5) is 4.79 Å². The van der Waals surface area contributed by atoms with Crippen LogP contribution in [0.1, 0.15) is 12.5 Å². The highest BCUT2D eigenvalue weighted by Crippen LogP contribution is 2.50. The number of esters is 1. The van der Waals surface area contributed by atoms with Crippen LogP contribution in [0.2, 0.25) is 0 Å². The minimum absolute atomic E-state index is 0.0636. The van der Waals surface area contributed by atoms with E-state index in [9.17, 15) is 19.8 Å². The number of benzene rings is 1. The van der Waals surface area contributed by atoms with Crippen molar-refractivity contribution in [3.8, 4) is 0 Å². The molecule has 1 aromatic carbocycles. The molecule has 0 unspecified atom stereocenters. The van der Waals surface area contributed by atoms with Crippen molar-refractivity contribution in [1.29, 1.82) is 0 Å². The van der Waals surface area contributed by atoms with Crippen LogP contribution in [0.5, 0.6) is 0 Å². The Morgan fingerprint density at radius 3 is 2.58 bits per heavy atom. The summed E-state index contributed by atoms with van der Waals surface area (Å²) in [6, 6.07) is 8.75. The molecular weight excluding hydrogens is 314 g/mol. The number of aliphatic hydroxyl groups is 2. The van der Waals surface area contributed by atoms with Crippen LogP contribution in [-0.2, 0) is 20.9 Å². The third kappa shape index (κ3) is 3.09. The average Bonchev–Trinajstić information content (AvgIpc) is 3.33. The molecule has 1 aromatic rings. The second-order valence-electron chi connectivity index (χ2n) is 6.10. The molecule has 0 aromatic heterocycles. The molecule has 0 spiro atoms. The van der Waals surface area contributed by atoms with E-state index in [1.807, 2.05) is 30.3 Å². The van der Waals surface area contributed by atoms with Crippen LogP contribution in [0.15, 0.2) is 30.3 Å². The van der Waals surface area contributed by atoms with Gasteiger partial charge in [-0.25, -0.2) is 4.79 Å².